The Morgan fingerprint density at radius 2 is 1.65 bits per heavy atom. The summed E-state index contributed by atoms with van der Waals surface area (Å²) < 4.78 is 0. The first-order valence-corrected chi connectivity index (χ1v) is 13.8. The van der Waals surface area contributed by atoms with Gasteiger partial charge in [0.05, 0.1) is 12.6 Å². The van der Waals surface area contributed by atoms with E-state index in [1.165, 1.54) is 6.92 Å². The number of hydrogen-bond donors (Lipinski definition) is 4. The number of rotatable bonds is 10. The van der Waals surface area contributed by atoms with Gasteiger partial charge in [-0.05, 0) is 68.9 Å². The zero-order chi connectivity index (χ0) is 29.4. The van der Waals surface area contributed by atoms with Gasteiger partial charge in [0.15, 0.2) is 0 Å². The molecule has 2 aromatic carbocycles. The third-order valence-corrected chi connectivity index (χ3v) is 7.30. The van der Waals surface area contributed by atoms with Crippen LogP contribution in [0.1, 0.15) is 49.8 Å². The number of piperidine rings is 1. The van der Waals surface area contributed by atoms with Crippen LogP contribution in [0.5, 0.6) is 5.75 Å². The molecule has 0 unspecified atom stereocenters. The van der Waals surface area contributed by atoms with Gasteiger partial charge in [0.25, 0.3) is 0 Å². The van der Waals surface area contributed by atoms with Crippen LogP contribution in [-0.2, 0) is 25.6 Å². The monoisotopic (exact) mass is 551 g/mol. The van der Waals surface area contributed by atoms with Crippen molar-refractivity contribution >= 4 is 29.3 Å². The number of aryl methyl sites for hydroxylation is 2. The Balaban J connectivity index is 1.45. The van der Waals surface area contributed by atoms with Gasteiger partial charge in [-0.1, -0.05) is 37.3 Å². The minimum absolute atomic E-state index is 0.00217. The lowest BCUT2D eigenvalue weighted by atomic mass is 10.00. The number of anilines is 1. The standard InChI is InChI=1S/C30H41N5O5/c1-5-26(36)35(23-9-7-6-8-10-23)24-11-13-34(14-12-24)27(37)18-32-29(39)21(4)33-30(40)25(31)17-22-15-19(2)28(38)20(3)16-22/h6-10,15-16,21,24-25,38H,5,11-14,17-18,31H2,1-4H3,(H,32,39)(H,33,40)/t21-,25+/m1/s1. The molecular weight excluding hydrogens is 510 g/mol. The van der Waals surface area contributed by atoms with Gasteiger partial charge in [-0.15, -0.1) is 0 Å². The first-order chi connectivity index (χ1) is 19.0. The molecule has 1 aliphatic heterocycles. The lowest BCUT2D eigenvalue weighted by Crippen LogP contribution is -2.53. The van der Waals surface area contributed by atoms with E-state index in [9.17, 15) is 24.3 Å². The first-order valence-electron chi connectivity index (χ1n) is 13.8. The second-order valence-electron chi connectivity index (χ2n) is 10.4. The van der Waals surface area contributed by atoms with Crippen molar-refractivity contribution in [3.8, 4) is 5.75 Å². The van der Waals surface area contributed by atoms with Crippen LogP contribution < -0.4 is 21.3 Å². The van der Waals surface area contributed by atoms with Crippen LogP contribution in [0.25, 0.3) is 0 Å². The van der Waals surface area contributed by atoms with Crippen LogP contribution in [-0.4, -0.2) is 71.4 Å². The van der Waals surface area contributed by atoms with E-state index in [0.29, 0.717) is 43.5 Å². The van der Waals surface area contributed by atoms with E-state index in [2.05, 4.69) is 10.6 Å². The molecule has 10 heteroatoms. The van der Waals surface area contributed by atoms with Crippen LogP contribution in [0.4, 0.5) is 5.69 Å². The summed E-state index contributed by atoms with van der Waals surface area (Å²) in [7, 11) is 0. The van der Waals surface area contributed by atoms with Gasteiger partial charge in [-0.3, -0.25) is 19.2 Å². The Hall–Kier alpha value is -3.92. The molecule has 1 aliphatic rings. The summed E-state index contributed by atoms with van der Waals surface area (Å²) in [6, 6.07) is 11.4. The molecule has 40 heavy (non-hydrogen) atoms. The molecule has 10 nitrogen and oxygen atoms in total. The van der Waals surface area contributed by atoms with Crippen LogP contribution >= 0.6 is 0 Å². The van der Waals surface area contributed by atoms with Gasteiger partial charge >= 0.3 is 0 Å². The van der Waals surface area contributed by atoms with Crippen molar-refractivity contribution in [1.29, 1.82) is 0 Å². The van der Waals surface area contributed by atoms with E-state index in [4.69, 9.17) is 5.73 Å². The lowest BCUT2D eigenvalue weighted by Gasteiger charge is -2.38. The van der Waals surface area contributed by atoms with E-state index in [0.717, 1.165) is 11.3 Å². The van der Waals surface area contributed by atoms with Gasteiger partial charge in [0.2, 0.25) is 23.6 Å². The number of benzene rings is 2. The average molecular weight is 552 g/mol. The number of phenols is 1. The number of nitrogens with one attached hydrogen (secondary N) is 2. The van der Waals surface area contributed by atoms with Crippen LogP contribution in [0.15, 0.2) is 42.5 Å². The maximum atomic E-state index is 12.8. The van der Waals surface area contributed by atoms with Gasteiger partial charge < -0.3 is 31.3 Å². The number of hydrogen-bond acceptors (Lipinski definition) is 6. The summed E-state index contributed by atoms with van der Waals surface area (Å²) in [5.41, 5.74) is 9.13. The highest BCUT2D eigenvalue weighted by Gasteiger charge is 2.30. The predicted molar refractivity (Wildman–Crippen MR) is 154 cm³/mol. The molecule has 3 rings (SSSR count). The SMILES string of the molecule is CCC(=O)N(c1ccccc1)C1CCN(C(=O)CNC(=O)[C@@H](C)NC(=O)[C@@H](N)Cc2cc(C)c(O)c(C)c2)CC1. The normalized spacial score (nSPS) is 15.2. The molecule has 216 valence electrons. The number of carbonyl (C=O) groups is 4. The predicted octanol–water partition coefficient (Wildman–Crippen LogP) is 1.93. The van der Waals surface area contributed by atoms with Crippen molar-refractivity contribution in [2.45, 2.75) is 71.5 Å². The van der Waals surface area contributed by atoms with E-state index < -0.39 is 23.9 Å². The summed E-state index contributed by atoms with van der Waals surface area (Å²) >= 11 is 0. The fourth-order valence-corrected chi connectivity index (χ4v) is 5.01. The Kier molecular flexibility index (Phi) is 10.7. The van der Waals surface area contributed by atoms with Crippen molar-refractivity contribution in [3.63, 3.8) is 0 Å². The number of likely N-dealkylation sites (tertiary alicyclic amines) is 1. The molecule has 2 aromatic rings. The van der Waals surface area contributed by atoms with Gasteiger partial charge in [-0.25, -0.2) is 0 Å². The van der Waals surface area contributed by atoms with Crippen molar-refractivity contribution in [1.82, 2.24) is 15.5 Å². The lowest BCUT2D eigenvalue weighted by molar-refractivity contribution is -0.134. The summed E-state index contributed by atoms with van der Waals surface area (Å²) in [5, 5.41) is 15.1. The fraction of sp³-hybridized carbons (Fsp3) is 0.467. The number of phenolic OH excluding ortho intramolecular Hbond substituents is 1. The van der Waals surface area contributed by atoms with Crippen LogP contribution in [0.2, 0.25) is 0 Å². The van der Waals surface area contributed by atoms with Gasteiger partial charge in [0, 0.05) is 31.2 Å². The zero-order valence-corrected chi connectivity index (χ0v) is 23.8. The Labute approximate surface area is 235 Å². The van der Waals surface area contributed by atoms with Gasteiger partial charge in [-0.2, -0.15) is 0 Å². The molecule has 1 heterocycles. The summed E-state index contributed by atoms with van der Waals surface area (Å²) in [5.74, 6) is -0.917. The largest absolute Gasteiger partial charge is 0.507 e. The molecule has 5 N–H and O–H groups in total. The second-order valence-corrected chi connectivity index (χ2v) is 10.4. The molecular formula is C30H41N5O5. The Morgan fingerprint density at radius 1 is 1.05 bits per heavy atom. The topological polar surface area (TPSA) is 145 Å². The maximum absolute atomic E-state index is 12.8. The molecule has 0 radical (unpaired) electrons. The second kappa shape index (κ2) is 13.9. The van der Waals surface area contributed by atoms with Crippen molar-refractivity contribution in [2.75, 3.05) is 24.5 Å². The van der Waals surface area contributed by atoms with E-state index in [1.807, 2.05) is 42.2 Å². The quantitative estimate of drug-likeness (QED) is 0.355. The number of carbonyl (C=O) groups excluding carboxylic acids is 4. The molecule has 4 amide bonds. The highest BCUT2D eigenvalue weighted by Crippen LogP contribution is 2.25. The first kappa shape index (κ1) is 30.6. The van der Waals surface area contributed by atoms with Crippen molar-refractivity contribution in [3.05, 3.63) is 59.2 Å². The molecule has 1 fully saturated rings. The van der Waals surface area contributed by atoms with Crippen molar-refractivity contribution < 1.29 is 24.3 Å². The summed E-state index contributed by atoms with van der Waals surface area (Å²) in [6.45, 7) is 7.72. The minimum atomic E-state index is -0.878. The molecule has 0 bridgehead atoms. The highest BCUT2D eigenvalue weighted by atomic mass is 16.3. The Morgan fingerprint density at radius 3 is 2.23 bits per heavy atom. The number of para-hydroxylation sites is 1. The highest BCUT2D eigenvalue weighted by molar-refractivity contribution is 5.94. The van der Waals surface area contributed by atoms with Crippen LogP contribution in [0, 0.1) is 13.8 Å². The third-order valence-electron chi connectivity index (χ3n) is 7.30. The van der Waals surface area contributed by atoms with Crippen LogP contribution in [0.3, 0.4) is 0 Å². The maximum Gasteiger partial charge on any atom is 0.242 e. The van der Waals surface area contributed by atoms with E-state index in [-0.39, 0.29) is 36.6 Å². The molecule has 0 aromatic heterocycles. The summed E-state index contributed by atoms with van der Waals surface area (Å²) in [4.78, 5) is 54.1. The third kappa shape index (κ3) is 7.81. The number of nitrogens with zero attached hydrogens (tertiary/aromatic N) is 2. The van der Waals surface area contributed by atoms with Gasteiger partial charge in [0.1, 0.15) is 11.8 Å². The zero-order valence-electron chi connectivity index (χ0n) is 23.8. The number of amides is 4. The number of aromatic hydroxyl groups is 1. The molecule has 2 atom stereocenters. The minimum Gasteiger partial charge on any atom is -0.507 e. The molecule has 0 saturated carbocycles. The average Bonchev–Trinajstić information content (AvgIpc) is 2.95. The fourth-order valence-electron chi connectivity index (χ4n) is 5.01. The summed E-state index contributed by atoms with van der Waals surface area (Å²) in [6.07, 6.45) is 1.94. The van der Waals surface area contributed by atoms with Crippen molar-refractivity contribution in [2.24, 2.45) is 5.73 Å². The molecule has 0 spiro atoms. The molecule has 0 aliphatic carbocycles. The number of nitrogens with two attached hydrogens (primary N) is 1. The Bertz CT molecular complexity index is 1190. The smallest absolute Gasteiger partial charge is 0.242 e. The molecule has 1 saturated heterocycles. The van der Waals surface area contributed by atoms with E-state index in [1.54, 1.807) is 30.9 Å². The van der Waals surface area contributed by atoms with E-state index >= 15 is 0 Å².